The van der Waals surface area contributed by atoms with Crippen LogP contribution in [0.3, 0.4) is 0 Å². The number of halogens is 1. The molecule has 1 aliphatic rings. The Balaban J connectivity index is 1.30. The average molecular weight is 455 g/mol. The van der Waals surface area contributed by atoms with Gasteiger partial charge in [-0.15, -0.1) is 0 Å². The molecule has 1 aromatic heterocycles. The standard InChI is InChI=1S/C22H23ClN6O3/c23-20-7-2-1-4-17(20)15-28-21(8-9-24-28)25-22(30)16-26-10-12-27(13-11-26)18-5-3-6-19(14-18)29(31)32/h1-9,14H,10-13,15-16H2,(H,25,30). The van der Waals surface area contributed by atoms with Gasteiger partial charge in [0, 0.05) is 55.1 Å². The third-order valence-corrected chi connectivity index (χ3v) is 5.78. The Morgan fingerprint density at radius 2 is 1.88 bits per heavy atom. The van der Waals surface area contributed by atoms with Gasteiger partial charge in [0.05, 0.1) is 24.2 Å². The maximum atomic E-state index is 12.6. The minimum Gasteiger partial charge on any atom is -0.369 e. The number of aromatic nitrogens is 2. The van der Waals surface area contributed by atoms with Crippen LogP contribution in [0.25, 0.3) is 0 Å². The lowest BCUT2D eigenvalue weighted by molar-refractivity contribution is -0.384. The first-order chi connectivity index (χ1) is 15.5. The van der Waals surface area contributed by atoms with E-state index in [1.54, 1.807) is 29.1 Å². The average Bonchev–Trinajstić information content (AvgIpc) is 3.22. The quantitative estimate of drug-likeness (QED) is 0.435. The Hall–Kier alpha value is -3.43. The topological polar surface area (TPSA) is 96.5 Å². The number of rotatable bonds is 7. The molecule has 0 spiro atoms. The summed E-state index contributed by atoms with van der Waals surface area (Å²) in [5.74, 6) is 0.500. The number of hydrogen-bond donors (Lipinski definition) is 1. The van der Waals surface area contributed by atoms with Gasteiger partial charge in [-0.05, 0) is 17.7 Å². The van der Waals surface area contributed by atoms with Crippen molar-refractivity contribution >= 4 is 34.7 Å². The summed E-state index contributed by atoms with van der Waals surface area (Å²) in [6.45, 7) is 3.49. The van der Waals surface area contributed by atoms with Crippen LogP contribution < -0.4 is 10.2 Å². The highest BCUT2D eigenvalue weighted by Gasteiger charge is 2.21. The highest BCUT2D eigenvalue weighted by Crippen LogP contribution is 2.22. The lowest BCUT2D eigenvalue weighted by atomic mass is 10.2. The Bertz CT molecular complexity index is 1110. The third-order valence-electron chi connectivity index (χ3n) is 5.41. The van der Waals surface area contributed by atoms with Crippen molar-refractivity contribution < 1.29 is 9.72 Å². The molecule has 1 fully saturated rings. The fourth-order valence-corrected chi connectivity index (χ4v) is 3.90. The van der Waals surface area contributed by atoms with E-state index in [0.717, 1.165) is 11.3 Å². The largest absolute Gasteiger partial charge is 0.369 e. The summed E-state index contributed by atoms with van der Waals surface area (Å²) in [6, 6.07) is 15.9. The molecule has 1 N–H and O–H groups in total. The second-order valence-corrected chi connectivity index (χ2v) is 7.96. The van der Waals surface area contributed by atoms with Crippen LogP contribution >= 0.6 is 11.6 Å². The van der Waals surface area contributed by atoms with E-state index in [1.165, 1.54) is 6.07 Å². The molecule has 0 radical (unpaired) electrons. The smallest absolute Gasteiger partial charge is 0.271 e. The number of hydrogen-bond acceptors (Lipinski definition) is 6. The van der Waals surface area contributed by atoms with Gasteiger partial charge in [0.1, 0.15) is 5.82 Å². The number of carbonyl (C=O) groups is 1. The fraction of sp³-hybridized carbons (Fsp3) is 0.273. The van der Waals surface area contributed by atoms with Crippen LogP contribution in [-0.4, -0.2) is 58.2 Å². The minimum absolute atomic E-state index is 0.0812. The van der Waals surface area contributed by atoms with E-state index >= 15 is 0 Å². The number of nitrogens with one attached hydrogen (secondary N) is 1. The molecule has 32 heavy (non-hydrogen) atoms. The second kappa shape index (κ2) is 9.80. The summed E-state index contributed by atoms with van der Waals surface area (Å²) in [5, 5.41) is 18.9. The van der Waals surface area contributed by atoms with Crippen LogP contribution in [0.5, 0.6) is 0 Å². The third kappa shape index (κ3) is 5.24. The van der Waals surface area contributed by atoms with Gasteiger partial charge < -0.3 is 10.2 Å². The molecule has 0 atom stereocenters. The minimum atomic E-state index is -0.388. The summed E-state index contributed by atoms with van der Waals surface area (Å²) < 4.78 is 1.71. The number of nitro benzene ring substituents is 1. The van der Waals surface area contributed by atoms with E-state index < -0.39 is 0 Å². The monoisotopic (exact) mass is 454 g/mol. The summed E-state index contributed by atoms with van der Waals surface area (Å²) in [6.07, 6.45) is 1.64. The van der Waals surface area contributed by atoms with Gasteiger partial charge in [-0.1, -0.05) is 35.9 Å². The van der Waals surface area contributed by atoms with Crippen LogP contribution in [0.15, 0.2) is 60.8 Å². The zero-order valence-electron chi connectivity index (χ0n) is 17.4. The molecule has 0 saturated carbocycles. The molecule has 4 rings (SSSR count). The molecule has 166 valence electrons. The van der Waals surface area contributed by atoms with E-state index in [0.29, 0.717) is 43.6 Å². The van der Waals surface area contributed by atoms with Crippen molar-refractivity contribution in [2.75, 3.05) is 42.9 Å². The van der Waals surface area contributed by atoms with Crippen molar-refractivity contribution in [2.45, 2.75) is 6.54 Å². The molecule has 0 unspecified atom stereocenters. The summed E-state index contributed by atoms with van der Waals surface area (Å²) in [7, 11) is 0. The molecule has 1 aliphatic heterocycles. The normalized spacial score (nSPS) is 14.3. The molecule has 2 heterocycles. The van der Waals surface area contributed by atoms with Gasteiger partial charge >= 0.3 is 0 Å². The van der Waals surface area contributed by atoms with Crippen LogP contribution in [0.4, 0.5) is 17.2 Å². The van der Waals surface area contributed by atoms with Crippen molar-refractivity contribution in [1.82, 2.24) is 14.7 Å². The first-order valence-electron chi connectivity index (χ1n) is 10.3. The number of amides is 1. The Morgan fingerprint density at radius 1 is 1.09 bits per heavy atom. The fourth-order valence-electron chi connectivity index (χ4n) is 3.71. The number of nitrogens with zero attached hydrogens (tertiary/aromatic N) is 5. The predicted molar refractivity (Wildman–Crippen MR) is 123 cm³/mol. The predicted octanol–water partition coefficient (Wildman–Crippen LogP) is 3.25. The lowest BCUT2D eigenvalue weighted by Crippen LogP contribution is -2.48. The lowest BCUT2D eigenvalue weighted by Gasteiger charge is -2.35. The SMILES string of the molecule is O=C(CN1CCN(c2cccc([N+](=O)[O-])c2)CC1)Nc1ccnn1Cc1ccccc1Cl. The van der Waals surface area contributed by atoms with Gasteiger partial charge in [0.2, 0.25) is 5.91 Å². The van der Waals surface area contributed by atoms with Crippen molar-refractivity contribution in [3.8, 4) is 0 Å². The van der Waals surface area contributed by atoms with Crippen molar-refractivity contribution in [2.24, 2.45) is 0 Å². The van der Waals surface area contributed by atoms with E-state index in [1.807, 2.05) is 30.3 Å². The Morgan fingerprint density at radius 3 is 2.62 bits per heavy atom. The van der Waals surface area contributed by atoms with Gasteiger partial charge in [-0.2, -0.15) is 5.10 Å². The van der Waals surface area contributed by atoms with Gasteiger partial charge in [-0.3, -0.25) is 19.8 Å². The summed E-state index contributed by atoms with van der Waals surface area (Å²) in [5.41, 5.74) is 1.83. The van der Waals surface area contributed by atoms with Gasteiger partial charge in [0.25, 0.3) is 5.69 Å². The molecular formula is C22H23ClN6O3. The molecule has 1 saturated heterocycles. The molecule has 0 bridgehead atoms. The molecule has 1 amide bonds. The van der Waals surface area contributed by atoms with Crippen LogP contribution in [0.2, 0.25) is 5.02 Å². The van der Waals surface area contributed by atoms with Crippen molar-refractivity contribution in [3.05, 3.63) is 81.5 Å². The Kier molecular flexibility index (Phi) is 6.67. The van der Waals surface area contributed by atoms with Gasteiger partial charge in [-0.25, -0.2) is 4.68 Å². The number of benzene rings is 2. The second-order valence-electron chi connectivity index (χ2n) is 7.55. The van der Waals surface area contributed by atoms with Crippen molar-refractivity contribution in [3.63, 3.8) is 0 Å². The van der Waals surface area contributed by atoms with E-state index in [9.17, 15) is 14.9 Å². The molecule has 9 nitrogen and oxygen atoms in total. The number of carbonyl (C=O) groups excluding carboxylic acids is 1. The highest BCUT2D eigenvalue weighted by atomic mass is 35.5. The van der Waals surface area contributed by atoms with E-state index in [4.69, 9.17) is 11.6 Å². The maximum Gasteiger partial charge on any atom is 0.271 e. The van der Waals surface area contributed by atoms with Crippen LogP contribution in [0, 0.1) is 10.1 Å². The van der Waals surface area contributed by atoms with Gasteiger partial charge in [0.15, 0.2) is 0 Å². The molecular weight excluding hydrogens is 432 g/mol. The van der Waals surface area contributed by atoms with Crippen LogP contribution in [-0.2, 0) is 11.3 Å². The summed E-state index contributed by atoms with van der Waals surface area (Å²) in [4.78, 5) is 27.4. The number of anilines is 2. The van der Waals surface area contributed by atoms with E-state index in [-0.39, 0.29) is 23.1 Å². The Labute approximate surface area is 190 Å². The first-order valence-corrected chi connectivity index (χ1v) is 10.6. The zero-order valence-corrected chi connectivity index (χ0v) is 18.1. The van der Waals surface area contributed by atoms with Crippen LogP contribution in [0.1, 0.15) is 5.56 Å². The highest BCUT2D eigenvalue weighted by molar-refractivity contribution is 6.31. The van der Waals surface area contributed by atoms with Crippen molar-refractivity contribution in [1.29, 1.82) is 0 Å². The number of nitro groups is 1. The molecule has 10 heteroatoms. The zero-order chi connectivity index (χ0) is 22.5. The maximum absolute atomic E-state index is 12.6. The molecule has 0 aliphatic carbocycles. The first kappa shape index (κ1) is 21.8. The number of piperazine rings is 1. The molecule has 2 aromatic carbocycles. The molecule has 3 aromatic rings. The van der Waals surface area contributed by atoms with E-state index in [2.05, 4.69) is 20.2 Å². The number of non-ortho nitro benzene ring substituents is 1. The summed E-state index contributed by atoms with van der Waals surface area (Å²) >= 11 is 6.24.